The highest BCUT2D eigenvalue weighted by molar-refractivity contribution is 7.22. The number of hydrogen-bond acceptors (Lipinski definition) is 10. The van der Waals surface area contributed by atoms with Crippen LogP contribution in [0.4, 0.5) is 22.5 Å². The first kappa shape index (κ1) is 23.7. The van der Waals surface area contributed by atoms with E-state index in [9.17, 15) is 9.90 Å². The molecule has 186 valence electrons. The zero-order valence-electron chi connectivity index (χ0n) is 19.6. The number of thiazole rings is 1. The number of aromatic nitrogens is 3. The lowest BCUT2D eigenvalue weighted by molar-refractivity contribution is 0.102. The number of pyridine rings is 2. The Morgan fingerprint density at radius 2 is 1.91 bits per heavy atom. The van der Waals surface area contributed by atoms with Gasteiger partial charge >= 0.3 is 0 Å². The number of β-amino-alcohol motifs (C(OH)–C–C–N with tert-alkyl or cyclic N) is 1. The molecule has 0 aliphatic carbocycles. The second-order valence-electron chi connectivity index (χ2n) is 8.98. The molecule has 5 rings (SSSR count). The summed E-state index contributed by atoms with van der Waals surface area (Å²) in [4.78, 5) is 31.5. The van der Waals surface area contributed by atoms with Crippen molar-refractivity contribution in [1.29, 1.82) is 0 Å². The lowest BCUT2D eigenvalue weighted by Gasteiger charge is -2.31. The highest BCUT2D eigenvalue weighted by Gasteiger charge is 2.23. The molecule has 3 aromatic rings. The molecule has 2 aliphatic rings. The fourth-order valence-electron chi connectivity index (χ4n) is 4.61. The SMILES string of the molecule is O=C(Nc1cc2sc(NCCO)nc2nc1N1CCCCC1)c1cccc(N2CCC[C@H](O)C2)n1. The fourth-order valence-corrected chi connectivity index (χ4v) is 5.48. The van der Waals surface area contributed by atoms with Gasteiger partial charge in [-0.25, -0.2) is 15.0 Å². The largest absolute Gasteiger partial charge is 0.395 e. The molecule has 0 unspecified atom stereocenters. The van der Waals surface area contributed by atoms with Crippen LogP contribution in [-0.2, 0) is 0 Å². The Labute approximate surface area is 208 Å². The molecular formula is C24H31N7O3S. The topological polar surface area (TPSA) is 127 Å². The normalized spacial score (nSPS) is 18.6. The van der Waals surface area contributed by atoms with E-state index >= 15 is 0 Å². The van der Waals surface area contributed by atoms with Crippen molar-refractivity contribution in [2.24, 2.45) is 0 Å². The van der Waals surface area contributed by atoms with Crippen LogP contribution in [0.15, 0.2) is 24.3 Å². The minimum atomic E-state index is -0.371. The van der Waals surface area contributed by atoms with Crippen molar-refractivity contribution in [2.45, 2.75) is 38.2 Å². The van der Waals surface area contributed by atoms with Gasteiger partial charge in [-0.3, -0.25) is 4.79 Å². The van der Waals surface area contributed by atoms with Crippen LogP contribution in [-0.4, -0.2) is 76.5 Å². The van der Waals surface area contributed by atoms with E-state index in [1.165, 1.54) is 17.8 Å². The number of carbonyl (C=O) groups is 1. The van der Waals surface area contributed by atoms with Gasteiger partial charge < -0.3 is 30.6 Å². The van der Waals surface area contributed by atoms with Crippen molar-refractivity contribution in [2.75, 3.05) is 59.8 Å². The van der Waals surface area contributed by atoms with Gasteiger partial charge in [-0.1, -0.05) is 17.4 Å². The van der Waals surface area contributed by atoms with Gasteiger partial charge in [0, 0.05) is 32.7 Å². The number of nitrogens with one attached hydrogen (secondary N) is 2. The van der Waals surface area contributed by atoms with E-state index in [0.29, 0.717) is 41.1 Å². The third kappa shape index (κ3) is 5.47. The quantitative estimate of drug-likeness (QED) is 0.390. The van der Waals surface area contributed by atoms with Gasteiger partial charge in [-0.05, 0) is 50.3 Å². The third-order valence-electron chi connectivity index (χ3n) is 6.34. The first-order valence-corrected chi connectivity index (χ1v) is 13.0. The van der Waals surface area contributed by atoms with E-state index in [0.717, 1.165) is 55.8 Å². The molecule has 2 saturated heterocycles. The minimum absolute atomic E-state index is 0.0200. The Morgan fingerprint density at radius 1 is 1.09 bits per heavy atom. The van der Waals surface area contributed by atoms with Crippen molar-refractivity contribution in [1.82, 2.24) is 15.0 Å². The highest BCUT2D eigenvalue weighted by atomic mass is 32.1. The molecule has 0 saturated carbocycles. The summed E-state index contributed by atoms with van der Waals surface area (Å²) < 4.78 is 0.852. The van der Waals surface area contributed by atoms with Gasteiger partial charge in [0.05, 0.1) is 23.1 Å². The fraction of sp³-hybridized carbons (Fsp3) is 0.500. The summed E-state index contributed by atoms with van der Waals surface area (Å²) in [5.74, 6) is 1.12. The van der Waals surface area contributed by atoms with E-state index < -0.39 is 0 Å². The van der Waals surface area contributed by atoms with E-state index in [2.05, 4.69) is 25.5 Å². The summed E-state index contributed by atoms with van der Waals surface area (Å²) >= 11 is 1.44. The molecule has 0 spiro atoms. The van der Waals surface area contributed by atoms with Crippen LogP contribution < -0.4 is 20.4 Å². The first-order valence-electron chi connectivity index (χ1n) is 12.2. The molecule has 11 heteroatoms. The summed E-state index contributed by atoms with van der Waals surface area (Å²) in [5.41, 5.74) is 1.59. The maximum atomic E-state index is 13.3. The molecule has 0 aromatic carbocycles. The van der Waals surface area contributed by atoms with Crippen LogP contribution in [0, 0.1) is 0 Å². The Kier molecular flexibility index (Phi) is 7.26. The molecule has 2 aliphatic heterocycles. The maximum absolute atomic E-state index is 13.3. The second kappa shape index (κ2) is 10.7. The molecule has 10 nitrogen and oxygen atoms in total. The minimum Gasteiger partial charge on any atom is -0.395 e. The highest BCUT2D eigenvalue weighted by Crippen LogP contribution is 2.34. The lowest BCUT2D eigenvalue weighted by atomic mass is 10.1. The van der Waals surface area contributed by atoms with Crippen LogP contribution in [0.25, 0.3) is 10.3 Å². The maximum Gasteiger partial charge on any atom is 0.274 e. The summed E-state index contributed by atoms with van der Waals surface area (Å²) in [6, 6.07) is 7.33. The third-order valence-corrected chi connectivity index (χ3v) is 7.29. The Balaban J connectivity index is 1.43. The molecule has 35 heavy (non-hydrogen) atoms. The van der Waals surface area contributed by atoms with Gasteiger partial charge in [0.1, 0.15) is 11.5 Å². The first-order chi connectivity index (χ1) is 17.1. The number of nitrogens with zero attached hydrogens (tertiary/aromatic N) is 5. The van der Waals surface area contributed by atoms with Gasteiger partial charge in [0.2, 0.25) is 0 Å². The zero-order valence-corrected chi connectivity index (χ0v) is 20.4. The van der Waals surface area contributed by atoms with Crippen LogP contribution >= 0.6 is 11.3 Å². The summed E-state index contributed by atoms with van der Waals surface area (Å²) in [6.07, 6.45) is 4.67. The number of aliphatic hydroxyl groups is 2. The molecule has 1 atom stereocenters. The Hall–Kier alpha value is -3.02. The zero-order chi connectivity index (χ0) is 24.2. The average molecular weight is 498 g/mol. The van der Waals surface area contributed by atoms with Crippen molar-refractivity contribution < 1.29 is 15.0 Å². The number of hydrogen-bond donors (Lipinski definition) is 4. The number of piperidine rings is 2. The molecular weight excluding hydrogens is 466 g/mol. The van der Waals surface area contributed by atoms with Gasteiger partial charge in [0.25, 0.3) is 5.91 Å². The monoisotopic (exact) mass is 497 g/mol. The van der Waals surface area contributed by atoms with Gasteiger partial charge in [0.15, 0.2) is 16.6 Å². The summed E-state index contributed by atoms with van der Waals surface area (Å²) in [5, 5.41) is 26.0. The molecule has 3 aromatic heterocycles. The van der Waals surface area contributed by atoms with Gasteiger partial charge in [-0.2, -0.15) is 0 Å². The number of carbonyl (C=O) groups excluding carboxylic acids is 1. The van der Waals surface area contributed by atoms with E-state index in [1.54, 1.807) is 6.07 Å². The van der Waals surface area contributed by atoms with Crippen LogP contribution in [0.3, 0.4) is 0 Å². The number of rotatable bonds is 7. The number of fused-ring (bicyclic) bond motifs is 1. The van der Waals surface area contributed by atoms with Crippen molar-refractivity contribution in [3.63, 3.8) is 0 Å². The van der Waals surface area contributed by atoms with E-state index in [4.69, 9.17) is 10.1 Å². The van der Waals surface area contributed by atoms with Crippen molar-refractivity contribution in [3.8, 4) is 0 Å². The van der Waals surface area contributed by atoms with Crippen LogP contribution in [0.5, 0.6) is 0 Å². The smallest absolute Gasteiger partial charge is 0.274 e. The Bertz CT molecular complexity index is 1180. The summed E-state index contributed by atoms with van der Waals surface area (Å²) in [6.45, 7) is 3.53. The van der Waals surface area contributed by atoms with E-state index in [-0.39, 0.29) is 18.6 Å². The molecule has 4 N–H and O–H groups in total. The van der Waals surface area contributed by atoms with E-state index in [1.807, 2.05) is 23.1 Å². The molecule has 1 amide bonds. The van der Waals surface area contributed by atoms with Gasteiger partial charge in [-0.15, -0.1) is 0 Å². The molecule has 2 fully saturated rings. The summed E-state index contributed by atoms with van der Waals surface area (Å²) in [7, 11) is 0. The predicted octanol–water partition coefficient (Wildman–Crippen LogP) is 2.69. The molecule has 0 bridgehead atoms. The van der Waals surface area contributed by atoms with Crippen LogP contribution in [0.1, 0.15) is 42.6 Å². The van der Waals surface area contributed by atoms with Crippen molar-refractivity contribution in [3.05, 3.63) is 30.0 Å². The van der Waals surface area contributed by atoms with Crippen molar-refractivity contribution >= 4 is 50.0 Å². The molecule has 5 heterocycles. The lowest BCUT2D eigenvalue weighted by Crippen LogP contribution is -2.38. The average Bonchev–Trinajstić information content (AvgIpc) is 3.29. The standard InChI is InChI=1S/C24H31N7O3S/c32-13-9-25-24-29-21-19(35-24)14-18(22(28-21)30-10-2-1-3-11-30)27-23(34)17-7-4-8-20(26-17)31-12-5-6-16(33)15-31/h4,7-8,14,16,32-33H,1-3,5-6,9-13,15H2,(H,27,34)(H,25,28,29)/t16-/m0/s1. The number of amides is 1. The molecule has 0 radical (unpaired) electrons. The Morgan fingerprint density at radius 3 is 2.71 bits per heavy atom. The number of aliphatic hydroxyl groups excluding tert-OH is 2. The predicted molar refractivity (Wildman–Crippen MR) is 139 cm³/mol. The van der Waals surface area contributed by atoms with Crippen LogP contribution in [0.2, 0.25) is 0 Å². The second-order valence-corrected chi connectivity index (χ2v) is 10.0. The number of anilines is 4.